The fourth-order valence-corrected chi connectivity index (χ4v) is 3.86. The standard InChI is InChI=1S/C24H29N3O3/c1-7-23(3,4)20-16(12-18-22(29)25-13(2)21(28)27-18)15-10-14(8-9-17(15)26-20)11-19-24(5,6)30-19/h7-10,12-13,19,26H,1,11H2,2-6H3,(H,25,29)(H,27,28)/b18-12-/t13-,19+/m1/s1. The van der Waals surface area contributed by atoms with Crippen LogP contribution in [0.25, 0.3) is 17.0 Å². The number of aromatic nitrogens is 1. The monoisotopic (exact) mass is 407 g/mol. The lowest BCUT2D eigenvalue weighted by Gasteiger charge is -2.23. The van der Waals surface area contributed by atoms with E-state index in [0.717, 1.165) is 28.6 Å². The molecule has 2 aliphatic heterocycles. The van der Waals surface area contributed by atoms with E-state index in [9.17, 15) is 9.59 Å². The second-order valence-electron chi connectivity index (χ2n) is 9.38. The number of aromatic amines is 1. The van der Waals surface area contributed by atoms with Gasteiger partial charge in [-0.25, -0.2) is 0 Å². The van der Waals surface area contributed by atoms with Gasteiger partial charge in [0.05, 0.1) is 11.7 Å². The number of ether oxygens (including phenoxy) is 1. The van der Waals surface area contributed by atoms with Crippen LogP contribution in [0, 0.1) is 0 Å². The highest BCUT2D eigenvalue weighted by molar-refractivity contribution is 6.08. The second-order valence-corrected chi connectivity index (χ2v) is 9.38. The molecule has 3 N–H and O–H groups in total. The summed E-state index contributed by atoms with van der Waals surface area (Å²) >= 11 is 0. The van der Waals surface area contributed by atoms with Gasteiger partial charge in [-0.2, -0.15) is 0 Å². The molecule has 0 bridgehead atoms. The molecular formula is C24H29N3O3. The number of epoxide rings is 1. The number of benzene rings is 1. The molecule has 0 spiro atoms. The highest BCUT2D eigenvalue weighted by atomic mass is 16.6. The maximum absolute atomic E-state index is 12.5. The van der Waals surface area contributed by atoms with Gasteiger partial charge in [-0.3, -0.25) is 9.59 Å². The van der Waals surface area contributed by atoms with Crippen LogP contribution < -0.4 is 10.6 Å². The second kappa shape index (κ2) is 6.84. The number of carbonyl (C=O) groups excluding carboxylic acids is 2. The number of allylic oxidation sites excluding steroid dienone is 1. The first-order chi connectivity index (χ1) is 14.0. The number of nitrogens with one attached hydrogen (secondary N) is 3. The molecule has 2 fully saturated rings. The van der Waals surface area contributed by atoms with Gasteiger partial charge in [-0.1, -0.05) is 26.0 Å². The number of amides is 2. The molecule has 0 saturated carbocycles. The number of fused-ring (bicyclic) bond motifs is 1. The highest BCUT2D eigenvalue weighted by Crippen LogP contribution is 2.39. The van der Waals surface area contributed by atoms with E-state index in [0.29, 0.717) is 0 Å². The molecule has 0 aliphatic carbocycles. The van der Waals surface area contributed by atoms with Gasteiger partial charge < -0.3 is 20.4 Å². The molecule has 1 aromatic heterocycles. The van der Waals surface area contributed by atoms with Crippen molar-refractivity contribution >= 4 is 28.8 Å². The van der Waals surface area contributed by atoms with Crippen LogP contribution in [0.2, 0.25) is 0 Å². The Labute approximate surface area is 176 Å². The van der Waals surface area contributed by atoms with Crippen molar-refractivity contribution in [3.05, 3.63) is 53.4 Å². The van der Waals surface area contributed by atoms with Crippen molar-refractivity contribution in [3.63, 3.8) is 0 Å². The molecule has 30 heavy (non-hydrogen) atoms. The molecular weight excluding hydrogens is 378 g/mol. The molecule has 1 aromatic carbocycles. The highest BCUT2D eigenvalue weighted by Gasteiger charge is 2.47. The Morgan fingerprint density at radius 2 is 1.97 bits per heavy atom. The average Bonchev–Trinajstić information content (AvgIpc) is 3.11. The number of carbonyl (C=O) groups is 2. The van der Waals surface area contributed by atoms with E-state index < -0.39 is 6.04 Å². The minimum absolute atomic E-state index is 0.0743. The largest absolute Gasteiger partial charge is 0.366 e. The quantitative estimate of drug-likeness (QED) is 0.404. The third kappa shape index (κ3) is 3.56. The molecule has 158 valence electrons. The van der Waals surface area contributed by atoms with Gasteiger partial charge in [-0.05, 0) is 44.5 Å². The predicted octanol–water partition coefficient (Wildman–Crippen LogP) is 3.33. The van der Waals surface area contributed by atoms with Crippen LogP contribution in [0.5, 0.6) is 0 Å². The fourth-order valence-electron chi connectivity index (χ4n) is 3.86. The number of rotatable bonds is 5. The Hall–Kier alpha value is -2.86. The van der Waals surface area contributed by atoms with Gasteiger partial charge in [0.25, 0.3) is 5.91 Å². The Kier molecular flexibility index (Phi) is 4.66. The van der Waals surface area contributed by atoms with Crippen LogP contribution in [0.15, 0.2) is 36.6 Å². The molecule has 2 aliphatic rings. The Morgan fingerprint density at radius 3 is 2.60 bits per heavy atom. The zero-order valence-electron chi connectivity index (χ0n) is 18.2. The van der Waals surface area contributed by atoms with E-state index in [1.807, 2.05) is 6.08 Å². The predicted molar refractivity (Wildman–Crippen MR) is 118 cm³/mol. The Bertz CT molecular complexity index is 1090. The Balaban J connectivity index is 1.83. The minimum Gasteiger partial charge on any atom is -0.366 e. The molecule has 2 amide bonds. The van der Waals surface area contributed by atoms with E-state index in [2.05, 4.69) is 68.1 Å². The van der Waals surface area contributed by atoms with Crippen LogP contribution in [-0.4, -0.2) is 34.5 Å². The summed E-state index contributed by atoms with van der Waals surface area (Å²) in [4.78, 5) is 28.1. The van der Waals surface area contributed by atoms with Crippen molar-refractivity contribution in [1.82, 2.24) is 15.6 Å². The fraction of sp³-hybridized carbons (Fsp3) is 0.417. The molecule has 4 rings (SSSR count). The van der Waals surface area contributed by atoms with Crippen molar-refractivity contribution in [2.24, 2.45) is 0 Å². The summed E-state index contributed by atoms with van der Waals surface area (Å²) in [6, 6.07) is 5.76. The maximum atomic E-state index is 12.5. The number of piperazine rings is 1. The van der Waals surface area contributed by atoms with Crippen molar-refractivity contribution in [2.75, 3.05) is 0 Å². The van der Waals surface area contributed by atoms with Gasteiger partial charge >= 0.3 is 0 Å². The van der Waals surface area contributed by atoms with Crippen LogP contribution >= 0.6 is 0 Å². The van der Waals surface area contributed by atoms with Gasteiger partial charge in [0.2, 0.25) is 5.91 Å². The third-order valence-electron chi connectivity index (χ3n) is 6.18. The van der Waals surface area contributed by atoms with Crippen molar-refractivity contribution in [1.29, 1.82) is 0 Å². The first-order valence-corrected chi connectivity index (χ1v) is 10.3. The summed E-state index contributed by atoms with van der Waals surface area (Å²) in [6.45, 7) is 14.0. The van der Waals surface area contributed by atoms with E-state index in [-0.39, 0.29) is 34.6 Å². The molecule has 6 heteroatoms. The normalized spacial score (nSPS) is 24.6. The van der Waals surface area contributed by atoms with Crippen LogP contribution in [0.3, 0.4) is 0 Å². The van der Waals surface area contributed by atoms with Gasteiger partial charge in [0, 0.05) is 34.0 Å². The molecule has 3 heterocycles. The number of H-pyrrole nitrogens is 1. The van der Waals surface area contributed by atoms with E-state index in [1.54, 1.807) is 13.0 Å². The van der Waals surface area contributed by atoms with Crippen LogP contribution in [0.4, 0.5) is 0 Å². The lowest BCUT2D eigenvalue weighted by Crippen LogP contribution is -2.53. The van der Waals surface area contributed by atoms with Crippen LogP contribution in [0.1, 0.15) is 51.4 Å². The van der Waals surface area contributed by atoms with Crippen molar-refractivity contribution < 1.29 is 14.3 Å². The summed E-state index contributed by atoms with van der Waals surface area (Å²) in [5.74, 6) is -0.512. The molecule has 2 aromatic rings. The first kappa shape index (κ1) is 20.4. The lowest BCUT2D eigenvalue weighted by molar-refractivity contribution is -0.130. The summed E-state index contributed by atoms with van der Waals surface area (Å²) in [5, 5.41) is 6.44. The summed E-state index contributed by atoms with van der Waals surface area (Å²) in [7, 11) is 0. The topological polar surface area (TPSA) is 86.5 Å². The van der Waals surface area contributed by atoms with Gasteiger partial charge in [-0.15, -0.1) is 6.58 Å². The summed E-state index contributed by atoms with van der Waals surface area (Å²) in [6.07, 6.45) is 4.69. The number of hydrogen-bond acceptors (Lipinski definition) is 3. The maximum Gasteiger partial charge on any atom is 0.268 e. The molecule has 6 nitrogen and oxygen atoms in total. The lowest BCUT2D eigenvalue weighted by atomic mass is 9.86. The van der Waals surface area contributed by atoms with Crippen molar-refractivity contribution in [2.45, 2.75) is 64.2 Å². The van der Waals surface area contributed by atoms with E-state index in [4.69, 9.17) is 4.74 Å². The zero-order chi connectivity index (χ0) is 21.8. The van der Waals surface area contributed by atoms with Crippen molar-refractivity contribution in [3.8, 4) is 0 Å². The van der Waals surface area contributed by atoms with Gasteiger partial charge in [0.15, 0.2) is 0 Å². The third-order valence-corrected chi connectivity index (χ3v) is 6.18. The summed E-state index contributed by atoms with van der Waals surface area (Å²) < 4.78 is 5.75. The summed E-state index contributed by atoms with van der Waals surface area (Å²) in [5.41, 5.74) is 3.79. The molecule has 2 saturated heterocycles. The molecule has 2 atom stereocenters. The van der Waals surface area contributed by atoms with Gasteiger partial charge in [0.1, 0.15) is 11.7 Å². The first-order valence-electron chi connectivity index (χ1n) is 10.3. The number of hydrogen-bond donors (Lipinski definition) is 3. The minimum atomic E-state index is -0.546. The zero-order valence-corrected chi connectivity index (χ0v) is 18.2. The molecule has 0 unspecified atom stereocenters. The van der Waals surface area contributed by atoms with E-state index in [1.165, 1.54) is 5.56 Å². The SMILES string of the molecule is C=CC(C)(C)c1[nH]c2ccc(C[C@@H]3OC3(C)C)cc2c1/C=C1\NC(=O)[C@@H](C)NC1=O. The van der Waals surface area contributed by atoms with Crippen LogP contribution in [-0.2, 0) is 26.2 Å². The average molecular weight is 408 g/mol. The smallest absolute Gasteiger partial charge is 0.268 e. The molecule has 0 radical (unpaired) electrons. The Morgan fingerprint density at radius 1 is 1.27 bits per heavy atom. The van der Waals surface area contributed by atoms with E-state index >= 15 is 0 Å².